The summed E-state index contributed by atoms with van der Waals surface area (Å²) in [7, 11) is 0. The average molecular weight is 280 g/mol. The van der Waals surface area contributed by atoms with E-state index in [0.717, 1.165) is 6.07 Å². The molecule has 0 aliphatic rings. The Morgan fingerprint density at radius 2 is 1.32 bits per heavy atom. The van der Waals surface area contributed by atoms with Crippen LogP contribution >= 0.6 is 0 Å². The first-order chi connectivity index (χ1) is 8.61. The van der Waals surface area contributed by atoms with Gasteiger partial charge in [-0.3, -0.25) is 0 Å². The monoisotopic (exact) mass is 280 g/mol. The molecule has 0 aliphatic heterocycles. The van der Waals surface area contributed by atoms with Gasteiger partial charge in [-0.05, 0) is 0 Å². The van der Waals surface area contributed by atoms with E-state index in [1.165, 1.54) is 6.07 Å². The molecule has 0 spiro atoms. The molecule has 0 unspecified atom stereocenters. The molecule has 0 aliphatic carbocycles. The lowest BCUT2D eigenvalue weighted by Gasteiger charge is -2.13. The standard InChI is InChI=1S/C9H2F6N4/c10-8(11,12)6-4(3-17)7(9(13,14)15)19-5(18-6)1-2-16/h1H2. The van der Waals surface area contributed by atoms with E-state index in [4.69, 9.17) is 10.5 Å². The lowest BCUT2D eigenvalue weighted by atomic mass is 10.1. The van der Waals surface area contributed by atoms with E-state index >= 15 is 0 Å². The zero-order valence-electron chi connectivity index (χ0n) is 8.76. The van der Waals surface area contributed by atoms with E-state index in [1.54, 1.807) is 0 Å². The van der Waals surface area contributed by atoms with Gasteiger partial charge in [0.25, 0.3) is 0 Å². The van der Waals surface area contributed by atoms with E-state index in [9.17, 15) is 26.3 Å². The van der Waals surface area contributed by atoms with Gasteiger partial charge in [-0.15, -0.1) is 0 Å². The highest BCUT2D eigenvalue weighted by Crippen LogP contribution is 2.37. The summed E-state index contributed by atoms with van der Waals surface area (Å²) in [6.45, 7) is 0. The van der Waals surface area contributed by atoms with Gasteiger partial charge in [0.2, 0.25) is 0 Å². The number of nitriles is 2. The van der Waals surface area contributed by atoms with Crippen LogP contribution in [0.4, 0.5) is 26.3 Å². The number of halogens is 6. The topological polar surface area (TPSA) is 73.4 Å². The minimum absolute atomic E-state index is 0.799. The van der Waals surface area contributed by atoms with Crippen LogP contribution in [0, 0.1) is 22.7 Å². The van der Waals surface area contributed by atoms with Gasteiger partial charge >= 0.3 is 12.4 Å². The van der Waals surface area contributed by atoms with Crippen LogP contribution in [0.3, 0.4) is 0 Å². The van der Waals surface area contributed by atoms with Crippen molar-refractivity contribution >= 4 is 0 Å². The number of rotatable bonds is 1. The largest absolute Gasteiger partial charge is 0.434 e. The number of aromatic nitrogens is 2. The van der Waals surface area contributed by atoms with Crippen molar-refractivity contribution in [3.63, 3.8) is 0 Å². The summed E-state index contributed by atoms with van der Waals surface area (Å²) in [4.78, 5) is 5.60. The second-order valence-electron chi connectivity index (χ2n) is 3.15. The summed E-state index contributed by atoms with van der Waals surface area (Å²) in [5, 5.41) is 16.7. The van der Waals surface area contributed by atoms with E-state index in [-0.39, 0.29) is 0 Å². The molecule has 0 fully saturated rings. The molecule has 1 rings (SSSR count). The van der Waals surface area contributed by atoms with Crippen LogP contribution in [0.25, 0.3) is 0 Å². The zero-order valence-corrected chi connectivity index (χ0v) is 8.76. The second kappa shape index (κ2) is 4.72. The Morgan fingerprint density at radius 1 is 0.895 bits per heavy atom. The molecule has 0 radical (unpaired) electrons. The maximum absolute atomic E-state index is 12.5. The summed E-state index contributed by atoms with van der Waals surface area (Å²) >= 11 is 0. The third-order valence-corrected chi connectivity index (χ3v) is 1.84. The predicted molar refractivity (Wildman–Crippen MR) is 46.1 cm³/mol. The van der Waals surface area contributed by atoms with E-state index in [0.29, 0.717) is 0 Å². The highest BCUT2D eigenvalue weighted by molar-refractivity contribution is 5.41. The molecule has 1 aromatic heterocycles. The van der Waals surface area contributed by atoms with Crippen molar-refractivity contribution < 1.29 is 26.3 Å². The molecule has 4 nitrogen and oxygen atoms in total. The van der Waals surface area contributed by atoms with Crippen LogP contribution in [0.15, 0.2) is 0 Å². The van der Waals surface area contributed by atoms with E-state index in [1.807, 2.05) is 0 Å². The van der Waals surface area contributed by atoms with Gasteiger partial charge in [0.1, 0.15) is 17.5 Å². The minimum Gasteiger partial charge on any atom is -0.226 e. The summed E-state index contributed by atoms with van der Waals surface area (Å²) in [5.41, 5.74) is -5.70. The Hall–Kier alpha value is -2.36. The smallest absolute Gasteiger partial charge is 0.226 e. The van der Waals surface area contributed by atoms with E-state index < -0.39 is 41.5 Å². The molecule has 0 bridgehead atoms. The molecule has 0 amide bonds. The van der Waals surface area contributed by atoms with Crippen molar-refractivity contribution in [3.05, 3.63) is 22.8 Å². The van der Waals surface area contributed by atoms with Gasteiger partial charge in [0.15, 0.2) is 11.4 Å². The molecule has 0 aromatic carbocycles. The number of alkyl halides is 6. The average Bonchev–Trinajstić information content (AvgIpc) is 2.26. The summed E-state index contributed by atoms with van der Waals surface area (Å²) in [5.74, 6) is -0.943. The van der Waals surface area contributed by atoms with Crippen molar-refractivity contribution in [2.45, 2.75) is 18.8 Å². The van der Waals surface area contributed by atoms with Crippen LogP contribution < -0.4 is 0 Å². The van der Waals surface area contributed by atoms with Gasteiger partial charge in [0, 0.05) is 0 Å². The van der Waals surface area contributed by atoms with Crippen molar-refractivity contribution in [3.8, 4) is 12.1 Å². The highest BCUT2D eigenvalue weighted by Gasteiger charge is 2.44. The van der Waals surface area contributed by atoms with Gasteiger partial charge in [-0.1, -0.05) is 0 Å². The second-order valence-corrected chi connectivity index (χ2v) is 3.15. The lowest BCUT2D eigenvalue weighted by Crippen LogP contribution is -2.21. The number of nitrogens with zero attached hydrogens (tertiary/aromatic N) is 4. The Labute approximate surface area is 101 Å². The van der Waals surface area contributed by atoms with Crippen LogP contribution in [-0.4, -0.2) is 9.97 Å². The zero-order chi connectivity index (χ0) is 14.8. The molecule has 0 atom stereocenters. The van der Waals surface area contributed by atoms with Crippen molar-refractivity contribution in [2.24, 2.45) is 0 Å². The number of hydrogen-bond acceptors (Lipinski definition) is 4. The third-order valence-electron chi connectivity index (χ3n) is 1.84. The maximum Gasteiger partial charge on any atom is 0.434 e. The normalized spacial score (nSPS) is 11.8. The molecular formula is C9H2F6N4. The summed E-state index contributed by atoms with van der Waals surface area (Å²) in [6.07, 6.45) is -11.3. The molecule has 1 aromatic rings. The first kappa shape index (κ1) is 14.7. The number of hydrogen-bond donors (Lipinski definition) is 0. The fraction of sp³-hybridized carbons (Fsp3) is 0.333. The van der Waals surface area contributed by atoms with Crippen molar-refractivity contribution in [1.82, 2.24) is 9.97 Å². The van der Waals surface area contributed by atoms with Crippen LogP contribution in [0.1, 0.15) is 22.8 Å². The molecule has 0 N–H and O–H groups in total. The lowest BCUT2D eigenvalue weighted by molar-refractivity contribution is -0.148. The molecular weight excluding hydrogens is 278 g/mol. The first-order valence-electron chi connectivity index (χ1n) is 4.43. The summed E-state index contributed by atoms with van der Waals surface area (Å²) < 4.78 is 75.2. The van der Waals surface area contributed by atoms with Gasteiger partial charge in [0.05, 0.1) is 12.5 Å². The predicted octanol–water partition coefficient (Wildman–Crippen LogP) is 2.45. The van der Waals surface area contributed by atoms with Crippen LogP contribution in [-0.2, 0) is 18.8 Å². The quantitative estimate of drug-likeness (QED) is 0.740. The molecule has 10 heteroatoms. The molecule has 19 heavy (non-hydrogen) atoms. The fourth-order valence-corrected chi connectivity index (χ4v) is 1.17. The Morgan fingerprint density at radius 3 is 1.58 bits per heavy atom. The Kier molecular flexibility index (Phi) is 3.65. The van der Waals surface area contributed by atoms with Gasteiger partial charge in [-0.25, -0.2) is 9.97 Å². The van der Waals surface area contributed by atoms with E-state index in [2.05, 4.69) is 9.97 Å². The van der Waals surface area contributed by atoms with Gasteiger partial charge < -0.3 is 0 Å². The van der Waals surface area contributed by atoms with Crippen LogP contribution in [0.5, 0.6) is 0 Å². The Bertz CT molecular complexity index is 539. The fourth-order valence-electron chi connectivity index (χ4n) is 1.17. The molecule has 1 heterocycles. The first-order valence-corrected chi connectivity index (χ1v) is 4.43. The van der Waals surface area contributed by atoms with Gasteiger partial charge in [-0.2, -0.15) is 36.9 Å². The Balaban J connectivity index is 3.69. The third kappa shape index (κ3) is 3.10. The molecule has 0 saturated heterocycles. The SMILES string of the molecule is N#CCc1nc(C(F)(F)F)c(C#N)c(C(F)(F)F)n1. The molecule has 100 valence electrons. The summed E-state index contributed by atoms with van der Waals surface area (Å²) in [6, 6.07) is 2.13. The molecule has 0 saturated carbocycles. The highest BCUT2D eigenvalue weighted by atomic mass is 19.4. The van der Waals surface area contributed by atoms with Crippen LogP contribution in [0.2, 0.25) is 0 Å². The van der Waals surface area contributed by atoms with Crippen molar-refractivity contribution in [2.75, 3.05) is 0 Å². The van der Waals surface area contributed by atoms with Crippen molar-refractivity contribution in [1.29, 1.82) is 10.5 Å². The minimum atomic E-state index is -5.25. The maximum atomic E-state index is 12.5.